The molecule has 2 aromatic heterocycles. The number of amides is 1. The Morgan fingerprint density at radius 3 is 2.88 bits per heavy atom. The highest BCUT2D eigenvalue weighted by Gasteiger charge is 2.17. The van der Waals surface area contributed by atoms with E-state index in [2.05, 4.69) is 15.4 Å². The summed E-state index contributed by atoms with van der Waals surface area (Å²) in [6.07, 6.45) is 1.38. The van der Waals surface area contributed by atoms with Gasteiger partial charge in [-0.3, -0.25) is 9.78 Å². The number of carbonyl (C=O) groups is 1. The van der Waals surface area contributed by atoms with Gasteiger partial charge in [0.15, 0.2) is 5.58 Å². The number of hydrogen-bond donors (Lipinski definition) is 2. The molecule has 26 heavy (non-hydrogen) atoms. The van der Waals surface area contributed by atoms with Crippen LogP contribution in [0.25, 0.3) is 16.8 Å². The molecule has 7 nitrogen and oxygen atoms in total. The molecule has 0 bridgehead atoms. The predicted molar refractivity (Wildman–Crippen MR) is 93.0 cm³/mol. The van der Waals surface area contributed by atoms with Crippen molar-refractivity contribution in [1.29, 1.82) is 0 Å². The molecule has 0 radical (unpaired) electrons. The topological polar surface area (TPSA) is 92.9 Å². The lowest BCUT2D eigenvalue weighted by molar-refractivity contribution is 0.102. The van der Waals surface area contributed by atoms with E-state index in [1.54, 1.807) is 43.3 Å². The number of nitrogens with zero attached hydrogens (tertiary/aromatic N) is 2. The Morgan fingerprint density at radius 2 is 2.08 bits per heavy atom. The summed E-state index contributed by atoms with van der Waals surface area (Å²) in [5, 5.41) is 6.85. The van der Waals surface area contributed by atoms with Crippen LogP contribution in [-0.2, 0) is 0 Å². The molecule has 0 spiro atoms. The third kappa shape index (κ3) is 2.67. The number of oxazole rings is 1. The zero-order valence-corrected chi connectivity index (χ0v) is 13.6. The van der Waals surface area contributed by atoms with E-state index in [-0.39, 0.29) is 5.69 Å². The lowest BCUT2D eigenvalue weighted by atomic mass is 10.2. The zero-order valence-electron chi connectivity index (χ0n) is 13.6. The van der Waals surface area contributed by atoms with E-state index in [1.807, 2.05) is 0 Å². The molecule has 1 amide bonds. The van der Waals surface area contributed by atoms with Gasteiger partial charge in [-0.05, 0) is 37.3 Å². The van der Waals surface area contributed by atoms with Gasteiger partial charge in [0.2, 0.25) is 0 Å². The minimum absolute atomic E-state index is 0.265. The summed E-state index contributed by atoms with van der Waals surface area (Å²) in [6.45, 7) is 1.69. The lowest BCUT2D eigenvalue weighted by Crippen LogP contribution is -2.13. The van der Waals surface area contributed by atoms with Crippen molar-refractivity contribution < 1.29 is 13.6 Å². The highest BCUT2D eigenvalue weighted by molar-refractivity contribution is 6.05. The molecule has 2 N–H and O–H groups in total. The number of para-hydroxylation sites is 1. The van der Waals surface area contributed by atoms with E-state index in [1.165, 1.54) is 16.9 Å². The summed E-state index contributed by atoms with van der Waals surface area (Å²) in [4.78, 5) is 26.3. The van der Waals surface area contributed by atoms with Gasteiger partial charge in [-0.1, -0.05) is 12.1 Å². The number of anilines is 1. The maximum atomic E-state index is 14.0. The number of hydrogen-bond acceptors (Lipinski definition) is 4. The van der Waals surface area contributed by atoms with Crippen LogP contribution in [0.5, 0.6) is 0 Å². The van der Waals surface area contributed by atoms with Gasteiger partial charge in [0.25, 0.3) is 5.91 Å². The van der Waals surface area contributed by atoms with Crippen molar-refractivity contribution in [2.24, 2.45) is 0 Å². The van der Waals surface area contributed by atoms with Gasteiger partial charge in [-0.2, -0.15) is 5.10 Å². The minimum Gasteiger partial charge on any atom is -0.408 e. The first-order valence-corrected chi connectivity index (χ1v) is 7.76. The molecular formula is C18H13FN4O3. The Bertz CT molecular complexity index is 1190. The number of benzene rings is 2. The molecule has 0 aliphatic heterocycles. The van der Waals surface area contributed by atoms with Gasteiger partial charge in [0.1, 0.15) is 11.5 Å². The molecule has 8 heteroatoms. The third-order valence-corrected chi connectivity index (χ3v) is 4.01. The van der Waals surface area contributed by atoms with Crippen LogP contribution < -0.4 is 11.1 Å². The Morgan fingerprint density at radius 1 is 1.27 bits per heavy atom. The van der Waals surface area contributed by atoms with Crippen LogP contribution in [0.15, 0.2) is 57.9 Å². The standard InChI is InChI=1S/C18H13FN4O3/c1-10-12(9-20-23(10)15-5-3-2-4-13(15)19)17(24)21-11-6-7-16-14(8-11)22-18(25)26-16/h2-9H,1H3,(H,21,24)(H,22,25). The summed E-state index contributed by atoms with van der Waals surface area (Å²) in [7, 11) is 0. The van der Waals surface area contributed by atoms with Gasteiger partial charge in [0.05, 0.1) is 23.0 Å². The van der Waals surface area contributed by atoms with Crippen molar-refractivity contribution in [3.05, 3.63) is 76.3 Å². The van der Waals surface area contributed by atoms with E-state index >= 15 is 0 Å². The Balaban J connectivity index is 1.64. The first kappa shape index (κ1) is 15.8. The van der Waals surface area contributed by atoms with Crippen LogP contribution in [-0.4, -0.2) is 20.7 Å². The second-order valence-electron chi connectivity index (χ2n) is 5.69. The zero-order chi connectivity index (χ0) is 18.3. The number of aromatic amines is 1. The first-order chi connectivity index (χ1) is 12.5. The van der Waals surface area contributed by atoms with Crippen LogP contribution in [0.3, 0.4) is 0 Å². The van der Waals surface area contributed by atoms with E-state index in [0.717, 1.165) is 0 Å². The van der Waals surface area contributed by atoms with Crippen LogP contribution in [0.2, 0.25) is 0 Å². The normalized spacial score (nSPS) is 11.0. The van der Waals surface area contributed by atoms with E-state index in [9.17, 15) is 14.0 Å². The van der Waals surface area contributed by atoms with Crippen LogP contribution in [0.4, 0.5) is 10.1 Å². The molecule has 0 saturated heterocycles. The highest BCUT2D eigenvalue weighted by atomic mass is 19.1. The van der Waals surface area contributed by atoms with Crippen molar-refractivity contribution in [2.75, 3.05) is 5.32 Å². The number of fused-ring (bicyclic) bond motifs is 1. The number of halogens is 1. The fraction of sp³-hybridized carbons (Fsp3) is 0.0556. The fourth-order valence-corrected chi connectivity index (χ4v) is 2.73. The third-order valence-electron chi connectivity index (χ3n) is 4.01. The molecule has 0 saturated carbocycles. The minimum atomic E-state index is -0.564. The summed E-state index contributed by atoms with van der Waals surface area (Å²) < 4.78 is 20.3. The highest BCUT2D eigenvalue weighted by Crippen LogP contribution is 2.20. The Hall–Kier alpha value is -3.68. The first-order valence-electron chi connectivity index (χ1n) is 7.76. The van der Waals surface area contributed by atoms with E-state index < -0.39 is 17.5 Å². The van der Waals surface area contributed by atoms with Crippen molar-refractivity contribution in [2.45, 2.75) is 6.92 Å². The number of carbonyl (C=O) groups excluding carboxylic acids is 1. The molecule has 0 aliphatic carbocycles. The molecule has 0 aliphatic rings. The summed E-state index contributed by atoms with van der Waals surface area (Å²) in [6, 6.07) is 11.0. The Kier molecular flexibility index (Phi) is 3.65. The van der Waals surface area contributed by atoms with Gasteiger partial charge in [-0.25, -0.2) is 13.9 Å². The molecule has 0 unspecified atom stereocenters. The molecule has 2 aromatic carbocycles. The second kappa shape index (κ2) is 5.99. The average Bonchev–Trinajstić information content (AvgIpc) is 3.17. The van der Waals surface area contributed by atoms with Crippen molar-refractivity contribution >= 4 is 22.7 Å². The van der Waals surface area contributed by atoms with E-state index in [0.29, 0.717) is 28.0 Å². The SMILES string of the molecule is Cc1c(C(=O)Nc2ccc3oc(=O)[nH]c3c2)cnn1-c1ccccc1F. The summed E-state index contributed by atoms with van der Waals surface area (Å²) >= 11 is 0. The number of H-pyrrole nitrogens is 1. The molecule has 4 rings (SSSR count). The lowest BCUT2D eigenvalue weighted by Gasteiger charge is -2.07. The average molecular weight is 352 g/mol. The van der Waals surface area contributed by atoms with Gasteiger partial charge < -0.3 is 9.73 Å². The fourth-order valence-electron chi connectivity index (χ4n) is 2.73. The van der Waals surface area contributed by atoms with Gasteiger partial charge in [0, 0.05) is 5.69 Å². The van der Waals surface area contributed by atoms with Crippen LogP contribution in [0.1, 0.15) is 16.1 Å². The maximum absolute atomic E-state index is 14.0. The molecule has 4 aromatic rings. The smallest absolute Gasteiger partial charge is 0.408 e. The second-order valence-corrected chi connectivity index (χ2v) is 5.69. The summed E-state index contributed by atoms with van der Waals surface area (Å²) in [5.74, 6) is -1.39. The number of nitrogens with one attached hydrogen (secondary N) is 2. The number of aromatic nitrogens is 3. The molecular weight excluding hydrogens is 339 g/mol. The largest absolute Gasteiger partial charge is 0.417 e. The molecule has 0 fully saturated rings. The quantitative estimate of drug-likeness (QED) is 0.593. The van der Waals surface area contributed by atoms with Crippen molar-refractivity contribution in [1.82, 2.24) is 14.8 Å². The Labute approximate surface area is 146 Å². The number of rotatable bonds is 3. The predicted octanol–water partition coefficient (Wildman–Crippen LogP) is 3.01. The molecule has 130 valence electrons. The van der Waals surface area contributed by atoms with E-state index in [4.69, 9.17) is 4.42 Å². The van der Waals surface area contributed by atoms with Crippen LogP contribution >= 0.6 is 0 Å². The van der Waals surface area contributed by atoms with Crippen molar-refractivity contribution in [3.8, 4) is 5.69 Å². The molecule has 2 heterocycles. The summed E-state index contributed by atoms with van der Waals surface area (Å²) in [5.41, 5.74) is 2.45. The van der Waals surface area contributed by atoms with Crippen molar-refractivity contribution in [3.63, 3.8) is 0 Å². The monoisotopic (exact) mass is 352 g/mol. The van der Waals surface area contributed by atoms with Gasteiger partial charge in [-0.15, -0.1) is 0 Å². The maximum Gasteiger partial charge on any atom is 0.417 e. The van der Waals surface area contributed by atoms with Crippen LogP contribution in [0, 0.1) is 12.7 Å². The van der Waals surface area contributed by atoms with Gasteiger partial charge >= 0.3 is 5.76 Å². The molecule has 0 atom stereocenters.